The van der Waals surface area contributed by atoms with Gasteiger partial charge in [-0.25, -0.2) is 0 Å². The first-order valence-corrected chi connectivity index (χ1v) is 7.32. The van der Waals surface area contributed by atoms with Crippen LogP contribution in [0.25, 0.3) is 0 Å². The van der Waals surface area contributed by atoms with Gasteiger partial charge < -0.3 is 15.4 Å². The van der Waals surface area contributed by atoms with Crippen LogP contribution in [0.5, 0.6) is 5.75 Å². The Kier molecular flexibility index (Phi) is 4.53. The number of benzene rings is 1. The molecule has 4 nitrogen and oxygen atoms in total. The number of nitrogens with zero attached hydrogens (tertiary/aromatic N) is 1. The van der Waals surface area contributed by atoms with Gasteiger partial charge in [0.05, 0.1) is 12.3 Å². The van der Waals surface area contributed by atoms with Crippen LogP contribution in [0, 0.1) is 11.8 Å². The molecule has 1 aliphatic heterocycles. The molecule has 1 amide bonds. The number of nitrogen functional groups attached to an aromatic ring is 1. The predicted octanol–water partition coefficient (Wildman–Crippen LogP) is 2.79. The second-order valence-electron chi connectivity index (χ2n) is 5.84. The van der Waals surface area contributed by atoms with Crippen molar-refractivity contribution in [3.63, 3.8) is 0 Å². The van der Waals surface area contributed by atoms with Gasteiger partial charge in [-0.1, -0.05) is 13.8 Å². The lowest BCUT2D eigenvalue weighted by molar-refractivity contribution is 0.0623. The highest BCUT2D eigenvalue weighted by molar-refractivity contribution is 5.95. The van der Waals surface area contributed by atoms with E-state index in [1.54, 1.807) is 18.2 Å². The van der Waals surface area contributed by atoms with Crippen molar-refractivity contribution >= 4 is 11.6 Å². The maximum absolute atomic E-state index is 12.5. The molecule has 0 aliphatic carbocycles. The molecule has 0 saturated carbocycles. The van der Waals surface area contributed by atoms with Gasteiger partial charge >= 0.3 is 0 Å². The van der Waals surface area contributed by atoms with Gasteiger partial charge in [0.1, 0.15) is 5.75 Å². The quantitative estimate of drug-likeness (QED) is 0.864. The fourth-order valence-electron chi connectivity index (χ4n) is 2.98. The molecule has 1 aromatic carbocycles. The van der Waals surface area contributed by atoms with E-state index in [0.717, 1.165) is 13.1 Å². The first-order chi connectivity index (χ1) is 9.51. The topological polar surface area (TPSA) is 55.6 Å². The average Bonchev–Trinajstić information content (AvgIpc) is 2.39. The minimum Gasteiger partial charge on any atom is -0.492 e. The predicted molar refractivity (Wildman–Crippen MR) is 80.9 cm³/mol. The molecule has 0 aromatic heterocycles. The fourth-order valence-corrected chi connectivity index (χ4v) is 2.98. The number of rotatable bonds is 3. The van der Waals surface area contributed by atoms with Crippen LogP contribution in [0.3, 0.4) is 0 Å². The number of anilines is 1. The van der Waals surface area contributed by atoms with E-state index < -0.39 is 0 Å². The van der Waals surface area contributed by atoms with Crippen LogP contribution in [0.15, 0.2) is 18.2 Å². The largest absolute Gasteiger partial charge is 0.492 e. The van der Waals surface area contributed by atoms with Crippen LogP contribution in [-0.4, -0.2) is 30.5 Å². The molecule has 4 heteroatoms. The minimum atomic E-state index is 0.0677. The molecule has 1 saturated heterocycles. The Morgan fingerprint density at radius 3 is 2.55 bits per heavy atom. The van der Waals surface area contributed by atoms with Crippen molar-refractivity contribution in [3.8, 4) is 5.75 Å². The lowest BCUT2D eigenvalue weighted by Gasteiger charge is -2.35. The smallest absolute Gasteiger partial charge is 0.253 e. The average molecular weight is 276 g/mol. The summed E-state index contributed by atoms with van der Waals surface area (Å²) in [4.78, 5) is 14.5. The minimum absolute atomic E-state index is 0.0677. The zero-order valence-corrected chi connectivity index (χ0v) is 12.6. The number of hydrogen-bond donors (Lipinski definition) is 1. The normalized spacial score (nSPS) is 22.6. The van der Waals surface area contributed by atoms with E-state index in [1.807, 2.05) is 11.8 Å². The summed E-state index contributed by atoms with van der Waals surface area (Å²) in [5.74, 6) is 1.83. The SMILES string of the molecule is CCOc1ccc(C(=O)N2C[C@@H](C)C[C@H](C)C2)cc1N. The Morgan fingerprint density at radius 2 is 2.00 bits per heavy atom. The second-order valence-corrected chi connectivity index (χ2v) is 5.84. The number of carbonyl (C=O) groups excluding carboxylic acids is 1. The summed E-state index contributed by atoms with van der Waals surface area (Å²) >= 11 is 0. The molecule has 0 radical (unpaired) electrons. The van der Waals surface area contributed by atoms with Crippen molar-refractivity contribution in [2.24, 2.45) is 11.8 Å². The summed E-state index contributed by atoms with van der Waals surface area (Å²) in [6, 6.07) is 5.30. The highest BCUT2D eigenvalue weighted by Gasteiger charge is 2.26. The molecule has 1 fully saturated rings. The van der Waals surface area contributed by atoms with E-state index in [9.17, 15) is 4.79 Å². The summed E-state index contributed by atoms with van der Waals surface area (Å²) in [6.07, 6.45) is 1.19. The van der Waals surface area contributed by atoms with Crippen LogP contribution in [0.2, 0.25) is 0 Å². The Labute approximate surface area is 120 Å². The van der Waals surface area contributed by atoms with Gasteiger partial charge in [0.25, 0.3) is 5.91 Å². The van der Waals surface area contributed by atoms with Crippen molar-refractivity contribution in [2.45, 2.75) is 27.2 Å². The maximum Gasteiger partial charge on any atom is 0.253 e. The molecule has 110 valence electrons. The molecule has 1 aromatic rings. The molecule has 2 rings (SSSR count). The third-order valence-corrected chi connectivity index (χ3v) is 3.71. The maximum atomic E-state index is 12.5. The van der Waals surface area contributed by atoms with E-state index in [1.165, 1.54) is 6.42 Å². The van der Waals surface area contributed by atoms with Crippen LogP contribution in [0.4, 0.5) is 5.69 Å². The van der Waals surface area contributed by atoms with Crippen LogP contribution in [-0.2, 0) is 0 Å². The molecular formula is C16H24N2O2. The van der Waals surface area contributed by atoms with Crippen LogP contribution >= 0.6 is 0 Å². The summed E-state index contributed by atoms with van der Waals surface area (Å²) in [6.45, 7) is 8.53. The molecule has 1 aliphatic rings. The molecule has 0 unspecified atom stereocenters. The number of piperidine rings is 1. The third kappa shape index (κ3) is 3.24. The standard InChI is InChI=1S/C16H24N2O2/c1-4-20-15-6-5-13(8-14(15)17)16(19)18-9-11(2)7-12(3)10-18/h5-6,8,11-12H,4,7,9-10,17H2,1-3H3/t11-,12-/m0/s1. The van der Waals surface area contributed by atoms with Gasteiger partial charge in [-0.2, -0.15) is 0 Å². The number of ether oxygens (including phenoxy) is 1. The Bertz CT molecular complexity index is 477. The lowest BCUT2D eigenvalue weighted by atomic mass is 9.91. The van der Waals surface area contributed by atoms with Gasteiger partial charge in [0.2, 0.25) is 0 Å². The van der Waals surface area contributed by atoms with Crippen molar-refractivity contribution in [1.82, 2.24) is 4.90 Å². The van der Waals surface area contributed by atoms with Gasteiger partial charge in [0.15, 0.2) is 0 Å². The summed E-state index contributed by atoms with van der Waals surface area (Å²) in [5, 5.41) is 0. The van der Waals surface area contributed by atoms with Gasteiger partial charge in [-0.3, -0.25) is 4.79 Å². The van der Waals surface area contributed by atoms with Crippen LogP contribution in [0.1, 0.15) is 37.6 Å². The Hall–Kier alpha value is -1.71. The van der Waals surface area contributed by atoms with Crippen molar-refractivity contribution in [1.29, 1.82) is 0 Å². The highest BCUT2D eigenvalue weighted by atomic mass is 16.5. The molecule has 0 bridgehead atoms. The van der Waals surface area contributed by atoms with Gasteiger partial charge in [-0.15, -0.1) is 0 Å². The zero-order valence-electron chi connectivity index (χ0n) is 12.6. The first-order valence-electron chi connectivity index (χ1n) is 7.32. The van der Waals surface area contributed by atoms with Crippen molar-refractivity contribution in [3.05, 3.63) is 23.8 Å². The van der Waals surface area contributed by atoms with E-state index >= 15 is 0 Å². The zero-order chi connectivity index (χ0) is 14.7. The number of hydrogen-bond acceptors (Lipinski definition) is 3. The molecule has 2 N–H and O–H groups in total. The lowest BCUT2D eigenvalue weighted by Crippen LogP contribution is -2.42. The summed E-state index contributed by atoms with van der Waals surface area (Å²) in [7, 11) is 0. The highest BCUT2D eigenvalue weighted by Crippen LogP contribution is 2.26. The fraction of sp³-hybridized carbons (Fsp3) is 0.562. The molecule has 2 atom stereocenters. The Morgan fingerprint density at radius 1 is 1.35 bits per heavy atom. The molecule has 20 heavy (non-hydrogen) atoms. The van der Waals surface area contributed by atoms with Gasteiger partial charge in [-0.05, 0) is 43.4 Å². The third-order valence-electron chi connectivity index (χ3n) is 3.71. The number of amides is 1. The number of nitrogens with two attached hydrogens (primary N) is 1. The van der Waals surface area contributed by atoms with E-state index in [2.05, 4.69) is 13.8 Å². The summed E-state index contributed by atoms with van der Waals surface area (Å²) in [5.41, 5.74) is 7.10. The van der Waals surface area contributed by atoms with Gasteiger partial charge in [0, 0.05) is 18.7 Å². The molecule has 0 spiro atoms. The Balaban J connectivity index is 2.14. The number of carbonyl (C=O) groups is 1. The first kappa shape index (κ1) is 14.7. The van der Waals surface area contributed by atoms with Crippen molar-refractivity contribution < 1.29 is 9.53 Å². The van der Waals surface area contributed by atoms with E-state index in [-0.39, 0.29) is 5.91 Å². The molecular weight excluding hydrogens is 252 g/mol. The van der Waals surface area contributed by atoms with E-state index in [0.29, 0.717) is 35.4 Å². The van der Waals surface area contributed by atoms with Crippen LogP contribution < -0.4 is 10.5 Å². The summed E-state index contributed by atoms with van der Waals surface area (Å²) < 4.78 is 5.40. The number of likely N-dealkylation sites (tertiary alicyclic amines) is 1. The second kappa shape index (κ2) is 6.16. The van der Waals surface area contributed by atoms with E-state index in [4.69, 9.17) is 10.5 Å². The monoisotopic (exact) mass is 276 g/mol. The molecule has 1 heterocycles. The van der Waals surface area contributed by atoms with Crippen molar-refractivity contribution in [2.75, 3.05) is 25.4 Å².